The number of para-hydroxylation sites is 1. The Morgan fingerprint density at radius 3 is 2.67 bits per heavy atom. The van der Waals surface area contributed by atoms with Crippen LogP contribution < -0.4 is 10.3 Å². The Morgan fingerprint density at radius 2 is 2.00 bits per heavy atom. The highest BCUT2D eigenvalue weighted by Crippen LogP contribution is 2.36. The van der Waals surface area contributed by atoms with Crippen molar-refractivity contribution in [1.29, 1.82) is 0 Å². The van der Waals surface area contributed by atoms with Crippen LogP contribution in [0.5, 0.6) is 5.75 Å². The first-order chi connectivity index (χ1) is 12.7. The lowest BCUT2D eigenvalue weighted by Crippen LogP contribution is -2.34. The highest BCUT2D eigenvalue weighted by atomic mass is 35.5. The Bertz CT molecular complexity index is 982. The van der Waals surface area contributed by atoms with E-state index in [4.69, 9.17) is 16.4 Å². The minimum absolute atomic E-state index is 0.224. The Morgan fingerprint density at radius 1 is 1.30 bits per heavy atom. The van der Waals surface area contributed by atoms with Crippen LogP contribution in [-0.4, -0.2) is 20.9 Å². The number of aromatic nitrogens is 3. The molecule has 6 nitrogen and oxygen atoms in total. The van der Waals surface area contributed by atoms with E-state index in [0.29, 0.717) is 17.1 Å². The number of fused-ring (bicyclic) bond motifs is 1. The number of amides is 1. The first-order valence-electron chi connectivity index (χ1n) is 7.51. The first kappa shape index (κ1) is 18.9. The zero-order valence-corrected chi connectivity index (χ0v) is 14.3. The summed E-state index contributed by atoms with van der Waals surface area (Å²) < 4.78 is 53.1. The molecule has 0 saturated carbocycles. The maximum atomic E-state index is 13.9. The van der Waals surface area contributed by atoms with Gasteiger partial charge in [0, 0.05) is 0 Å². The molecule has 1 amide bonds. The van der Waals surface area contributed by atoms with Gasteiger partial charge in [-0.15, -0.1) is 5.10 Å². The summed E-state index contributed by atoms with van der Waals surface area (Å²) in [6.07, 6.45) is -4.77. The van der Waals surface area contributed by atoms with E-state index in [1.165, 1.54) is 11.6 Å². The molecule has 27 heavy (non-hydrogen) atoms. The van der Waals surface area contributed by atoms with E-state index in [2.05, 4.69) is 10.3 Å². The van der Waals surface area contributed by atoms with Gasteiger partial charge in [0.2, 0.25) is 5.75 Å². The molecule has 0 spiro atoms. The summed E-state index contributed by atoms with van der Waals surface area (Å²) in [7, 11) is 0. The molecule has 1 unspecified atom stereocenters. The third-order valence-corrected chi connectivity index (χ3v) is 3.98. The highest BCUT2D eigenvalue weighted by Gasteiger charge is 2.33. The SMILES string of the molecule is CC(C(=O)NOc1c(F)cc(C(F)(F)F)cc1Cl)n1nnc2ccccc21. The van der Waals surface area contributed by atoms with E-state index >= 15 is 0 Å². The van der Waals surface area contributed by atoms with Crippen LogP contribution in [-0.2, 0) is 11.0 Å². The van der Waals surface area contributed by atoms with Crippen molar-refractivity contribution in [3.8, 4) is 5.75 Å². The predicted octanol–water partition coefficient (Wildman–Crippen LogP) is 3.91. The normalized spacial score (nSPS) is 12.8. The molecule has 1 heterocycles. The topological polar surface area (TPSA) is 69.0 Å². The van der Waals surface area contributed by atoms with Crippen LogP contribution in [0.2, 0.25) is 5.02 Å². The van der Waals surface area contributed by atoms with Crippen molar-refractivity contribution < 1.29 is 27.2 Å². The number of nitrogens with one attached hydrogen (secondary N) is 1. The third-order valence-electron chi connectivity index (χ3n) is 3.70. The molecular formula is C16H11ClF4N4O2. The summed E-state index contributed by atoms with van der Waals surface area (Å²) >= 11 is 5.64. The second kappa shape index (κ2) is 7.03. The lowest BCUT2D eigenvalue weighted by molar-refractivity contribution is -0.138. The molecule has 11 heteroatoms. The van der Waals surface area contributed by atoms with Gasteiger partial charge in [-0.25, -0.2) is 9.07 Å². The molecule has 0 aliphatic heterocycles. The number of hydrogen-bond acceptors (Lipinski definition) is 4. The van der Waals surface area contributed by atoms with Crippen LogP contribution in [0, 0.1) is 5.82 Å². The lowest BCUT2D eigenvalue weighted by Gasteiger charge is -2.15. The van der Waals surface area contributed by atoms with Crippen LogP contribution in [0.15, 0.2) is 36.4 Å². The standard InChI is InChI=1S/C16H11ClF4N4O2/c1-8(25-13-5-3-2-4-12(13)22-24-25)15(26)23-27-14-10(17)6-9(7-11(14)18)16(19,20)21/h2-8H,1H3,(H,23,26). The number of hydroxylamine groups is 1. The number of benzene rings is 2. The van der Waals surface area contributed by atoms with E-state index in [0.717, 1.165) is 0 Å². The number of nitrogens with zero attached hydrogens (tertiary/aromatic N) is 3. The Labute approximate surface area is 154 Å². The number of rotatable bonds is 4. The number of alkyl halides is 3. The first-order valence-corrected chi connectivity index (χ1v) is 7.89. The van der Waals surface area contributed by atoms with Gasteiger partial charge in [-0.1, -0.05) is 28.9 Å². The molecule has 0 aliphatic rings. The van der Waals surface area contributed by atoms with Gasteiger partial charge in [0.05, 0.1) is 16.1 Å². The zero-order valence-electron chi connectivity index (χ0n) is 13.6. The smallest absolute Gasteiger partial charge is 0.375 e. The molecule has 142 valence electrons. The van der Waals surface area contributed by atoms with Crippen molar-refractivity contribution in [3.63, 3.8) is 0 Å². The summed E-state index contributed by atoms with van der Waals surface area (Å²) in [5.74, 6) is -2.83. The minimum atomic E-state index is -4.77. The largest absolute Gasteiger partial charge is 0.416 e. The van der Waals surface area contributed by atoms with E-state index < -0.39 is 40.3 Å². The Kier molecular flexibility index (Phi) is 4.92. The average molecular weight is 403 g/mol. The fourth-order valence-corrected chi connectivity index (χ4v) is 2.54. The van der Waals surface area contributed by atoms with Crippen LogP contribution in [0.1, 0.15) is 18.5 Å². The van der Waals surface area contributed by atoms with Crippen molar-refractivity contribution in [1.82, 2.24) is 20.5 Å². The fraction of sp³-hybridized carbons (Fsp3) is 0.188. The number of halogens is 5. The fourth-order valence-electron chi connectivity index (χ4n) is 2.29. The minimum Gasteiger partial charge on any atom is -0.375 e. The van der Waals surface area contributed by atoms with Gasteiger partial charge in [-0.05, 0) is 31.2 Å². The molecule has 2 aromatic carbocycles. The maximum Gasteiger partial charge on any atom is 0.416 e. The van der Waals surface area contributed by atoms with Crippen molar-refractivity contribution in [2.24, 2.45) is 0 Å². The van der Waals surface area contributed by atoms with Gasteiger partial charge >= 0.3 is 6.18 Å². The Balaban J connectivity index is 1.76. The number of carbonyl (C=O) groups is 1. The van der Waals surface area contributed by atoms with Crippen molar-refractivity contribution in [3.05, 3.63) is 52.8 Å². The van der Waals surface area contributed by atoms with E-state index in [1.54, 1.807) is 24.3 Å². The molecule has 1 aromatic heterocycles. The molecule has 0 aliphatic carbocycles. The lowest BCUT2D eigenvalue weighted by atomic mass is 10.2. The zero-order chi connectivity index (χ0) is 19.8. The van der Waals surface area contributed by atoms with Gasteiger partial charge in [0.25, 0.3) is 5.91 Å². The van der Waals surface area contributed by atoms with Gasteiger partial charge in [0.1, 0.15) is 11.6 Å². The van der Waals surface area contributed by atoms with Crippen molar-refractivity contribution in [2.75, 3.05) is 0 Å². The Hall–Kier alpha value is -2.88. The summed E-state index contributed by atoms with van der Waals surface area (Å²) in [4.78, 5) is 17.0. The predicted molar refractivity (Wildman–Crippen MR) is 87.4 cm³/mol. The van der Waals surface area contributed by atoms with E-state index in [9.17, 15) is 22.4 Å². The quantitative estimate of drug-likeness (QED) is 0.530. The molecule has 0 saturated heterocycles. The summed E-state index contributed by atoms with van der Waals surface area (Å²) in [5.41, 5.74) is 1.83. The summed E-state index contributed by atoms with van der Waals surface area (Å²) in [6, 6.07) is 6.73. The van der Waals surface area contributed by atoms with Gasteiger partial charge in [-0.2, -0.15) is 18.7 Å². The van der Waals surface area contributed by atoms with E-state index in [1.807, 2.05) is 5.48 Å². The molecule has 0 fully saturated rings. The van der Waals surface area contributed by atoms with E-state index in [-0.39, 0.29) is 6.07 Å². The van der Waals surface area contributed by atoms with Gasteiger partial charge in [0.15, 0.2) is 5.82 Å². The second-order valence-electron chi connectivity index (χ2n) is 5.53. The van der Waals surface area contributed by atoms with Gasteiger partial charge < -0.3 is 4.84 Å². The summed E-state index contributed by atoms with van der Waals surface area (Å²) in [6.45, 7) is 1.49. The number of carbonyl (C=O) groups excluding carboxylic acids is 1. The highest BCUT2D eigenvalue weighted by molar-refractivity contribution is 6.32. The second-order valence-corrected chi connectivity index (χ2v) is 5.94. The van der Waals surface area contributed by atoms with Crippen LogP contribution in [0.3, 0.4) is 0 Å². The molecule has 3 rings (SSSR count). The van der Waals surface area contributed by atoms with Gasteiger partial charge in [-0.3, -0.25) is 4.79 Å². The molecule has 0 radical (unpaired) electrons. The molecular weight excluding hydrogens is 392 g/mol. The monoisotopic (exact) mass is 402 g/mol. The van der Waals surface area contributed by atoms with Crippen LogP contribution in [0.25, 0.3) is 11.0 Å². The maximum absolute atomic E-state index is 13.9. The van der Waals surface area contributed by atoms with Crippen molar-refractivity contribution >= 4 is 28.5 Å². The summed E-state index contributed by atoms with van der Waals surface area (Å²) in [5, 5.41) is 7.14. The third kappa shape index (κ3) is 3.80. The van der Waals surface area contributed by atoms with Crippen molar-refractivity contribution in [2.45, 2.75) is 19.1 Å². The molecule has 1 atom stereocenters. The molecule has 0 bridgehead atoms. The van der Waals surface area contributed by atoms with Crippen LogP contribution >= 0.6 is 11.6 Å². The molecule has 3 aromatic rings. The molecule has 1 N–H and O–H groups in total. The number of hydrogen-bond donors (Lipinski definition) is 1. The average Bonchev–Trinajstić information content (AvgIpc) is 3.03. The van der Waals surface area contributed by atoms with Crippen LogP contribution in [0.4, 0.5) is 17.6 Å².